The second-order valence-corrected chi connectivity index (χ2v) is 5.36. The number of hydrogen-bond donors (Lipinski definition) is 3. The van der Waals surface area contributed by atoms with Crippen LogP contribution in [-0.4, -0.2) is 34.9 Å². The molecule has 0 saturated carbocycles. The molecule has 3 rings (SSSR count). The van der Waals surface area contributed by atoms with Gasteiger partial charge < -0.3 is 16.4 Å². The summed E-state index contributed by atoms with van der Waals surface area (Å²) in [7, 11) is 0. The van der Waals surface area contributed by atoms with Crippen LogP contribution < -0.4 is 16.4 Å². The maximum atomic E-state index is 13.2. The van der Waals surface area contributed by atoms with Crippen molar-refractivity contribution >= 4 is 17.4 Å². The Morgan fingerprint density at radius 1 is 1.29 bits per heavy atom. The Morgan fingerprint density at radius 3 is 2.62 bits per heavy atom. The van der Waals surface area contributed by atoms with Crippen molar-refractivity contribution in [1.82, 2.24) is 15.3 Å². The predicted molar refractivity (Wildman–Crippen MR) is 81.6 cm³/mol. The molecule has 24 heavy (non-hydrogen) atoms. The van der Waals surface area contributed by atoms with Crippen molar-refractivity contribution in [2.75, 3.05) is 24.1 Å². The number of hydrogen-bond acceptors (Lipinski definition) is 6. The molecule has 0 radical (unpaired) electrons. The average molecular weight is 337 g/mol. The van der Waals surface area contributed by atoms with Crippen LogP contribution in [0.4, 0.5) is 24.8 Å². The summed E-state index contributed by atoms with van der Waals surface area (Å²) in [6.07, 6.45) is -3.35. The molecule has 2 aromatic rings. The quantitative estimate of drug-likeness (QED) is 0.735. The molecule has 4 N–H and O–H groups in total. The summed E-state index contributed by atoms with van der Waals surface area (Å²) in [5.41, 5.74) is 3.69. The lowest BCUT2D eigenvalue weighted by atomic mass is 10.0. The number of nitrogen functional groups attached to an aromatic ring is 1. The van der Waals surface area contributed by atoms with Gasteiger partial charge in [0.15, 0.2) is 0 Å². The van der Waals surface area contributed by atoms with E-state index in [4.69, 9.17) is 5.73 Å². The monoisotopic (exact) mass is 337 g/mol. The van der Waals surface area contributed by atoms with Gasteiger partial charge in [-0.25, -0.2) is 9.97 Å². The number of alkyl halides is 3. The Balaban J connectivity index is 2.03. The number of halogens is 3. The lowest BCUT2D eigenvalue weighted by molar-refractivity contribution is -0.138. The van der Waals surface area contributed by atoms with E-state index in [0.29, 0.717) is 13.1 Å². The minimum atomic E-state index is -4.70. The molecule has 0 amide bonds. The summed E-state index contributed by atoms with van der Waals surface area (Å²) < 4.78 is 39.7. The van der Waals surface area contributed by atoms with Crippen LogP contribution in [0.3, 0.4) is 0 Å². The van der Waals surface area contributed by atoms with E-state index < -0.39 is 23.2 Å². The first kappa shape index (κ1) is 16.2. The molecule has 0 unspecified atom stereocenters. The normalized spacial score (nSPS) is 15.0. The number of ketones is 1. The van der Waals surface area contributed by atoms with Crippen molar-refractivity contribution in [3.05, 3.63) is 47.3 Å². The zero-order chi connectivity index (χ0) is 17.3. The maximum Gasteiger partial charge on any atom is 0.418 e. The van der Waals surface area contributed by atoms with E-state index in [1.807, 2.05) is 0 Å². The number of rotatable bonds is 4. The number of nitrogens with zero attached hydrogens (tertiary/aromatic N) is 2. The SMILES string of the molecule is Nc1ncccc1C(=O)c1nc(NC2CNC2)ccc1C(F)(F)F. The topological polar surface area (TPSA) is 92.9 Å². The van der Waals surface area contributed by atoms with Gasteiger partial charge in [0.2, 0.25) is 5.78 Å². The van der Waals surface area contributed by atoms with Crippen molar-refractivity contribution in [3.8, 4) is 0 Å². The minimum Gasteiger partial charge on any atom is -0.383 e. The number of carbonyl (C=O) groups excluding carboxylic acids is 1. The van der Waals surface area contributed by atoms with Gasteiger partial charge in [0.25, 0.3) is 0 Å². The average Bonchev–Trinajstić information content (AvgIpc) is 2.49. The first-order chi connectivity index (χ1) is 11.4. The second kappa shape index (κ2) is 6.08. The van der Waals surface area contributed by atoms with Gasteiger partial charge in [0.05, 0.1) is 17.2 Å². The molecule has 0 spiro atoms. The molecule has 1 saturated heterocycles. The lowest BCUT2D eigenvalue weighted by Crippen LogP contribution is -2.51. The highest BCUT2D eigenvalue weighted by atomic mass is 19.4. The molecule has 0 bridgehead atoms. The van der Waals surface area contributed by atoms with E-state index in [0.717, 1.165) is 6.07 Å². The van der Waals surface area contributed by atoms with Gasteiger partial charge in [-0.2, -0.15) is 13.2 Å². The fraction of sp³-hybridized carbons (Fsp3) is 0.267. The van der Waals surface area contributed by atoms with Crippen LogP contribution in [0.1, 0.15) is 21.6 Å². The second-order valence-electron chi connectivity index (χ2n) is 5.36. The van der Waals surface area contributed by atoms with Gasteiger partial charge in [-0.3, -0.25) is 4.79 Å². The zero-order valence-corrected chi connectivity index (χ0v) is 12.4. The maximum absolute atomic E-state index is 13.2. The summed E-state index contributed by atoms with van der Waals surface area (Å²) in [6, 6.07) is 4.88. The van der Waals surface area contributed by atoms with Crippen LogP contribution >= 0.6 is 0 Å². The molecule has 1 aliphatic heterocycles. The number of pyridine rings is 2. The Morgan fingerprint density at radius 2 is 2.04 bits per heavy atom. The zero-order valence-electron chi connectivity index (χ0n) is 12.4. The molecular weight excluding hydrogens is 323 g/mol. The first-order valence-electron chi connectivity index (χ1n) is 7.17. The highest BCUT2D eigenvalue weighted by Crippen LogP contribution is 2.33. The molecule has 6 nitrogen and oxygen atoms in total. The fourth-order valence-electron chi connectivity index (χ4n) is 2.28. The summed E-state index contributed by atoms with van der Waals surface area (Å²) in [4.78, 5) is 20.2. The lowest BCUT2D eigenvalue weighted by Gasteiger charge is -2.28. The van der Waals surface area contributed by atoms with Crippen LogP contribution in [0.2, 0.25) is 0 Å². The van der Waals surface area contributed by atoms with Crippen LogP contribution in [-0.2, 0) is 6.18 Å². The number of nitrogens with one attached hydrogen (secondary N) is 2. The van der Waals surface area contributed by atoms with Crippen LogP contribution in [0.15, 0.2) is 30.5 Å². The van der Waals surface area contributed by atoms with Crippen LogP contribution in [0.5, 0.6) is 0 Å². The van der Waals surface area contributed by atoms with Gasteiger partial charge in [0, 0.05) is 19.3 Å². The Hall–Kier alpha value is -2.68. The molecule has 0 atom stereocenters. The minimum absolute atomic E-state index is 0.0700. The third-order valence-corrected chi connectivity index (χ3v) is 3.63. The van der Waals surface area contributed by atoms with Gasteiger partial charge >= 0.3 is 6.18 Å². The Kier molecular flexibility index (Phi) is 4.10. The Bertz CT molecular complexity index is 774. The van der Waals surface area contributed by atoms with Gasteiger partial charge in [-0.15, -0.1) is 0 Å². The molecule has 0 aromatic carbocycles. The van der Waals surface area contributed by atoms with Crippen molar-refractivity contribution in [3.63, 3.8) is 0 Å². The molecular formula is C15H14F3N5O. The third-order valence-electron chi connectivity index (χ3n) is 3.63. The van der Waals surface area contributed by atoms with E-state index in [2.05, 4.69) is 20.6 Å². The van der Waals surface area contributed by atoms with Crippen molar-refractivity contribution in [2.45, 2.75) is 12.2 Å². The largest absolute Gasteiger partial charge is 0.418 e. The van der Waals surface area contributed by atoms with Gasteiger partial charge in [-0.05, 0) is 24.3 Å². The van der Waals surface area contributed by atoms with Crippen molar-refractivity contribution < 1.29 is 18.0 Å². The van der Waals surface area contributed by atoms with E-state index in [9.17, 15) is 18.0 Å². The standard InChI is InChI=1S/C15H14F3N5O/c16-15(17,18)10-3-4-11(22-8-6-20-7-8)23-12(10)13(24)9-2-1-5-21-14(9)19/h1-5,8,20H,6-7H2,(H2,19,21)(H,22,23). The van der Waals surface area contributed by atoms with Crippen molar-refractivity contribution in [1.29, 1.82) is 0 Å². The smallest absolute Gasteiger partial charge is 0.383 e. The number of aromatic nitrogens is 2. The summed E-state index contributed by atoms with van der Waals surface area (Å²) in [5.74, 6) is -0.845. The van der Waals surface area contributed by atoms with E-state index in [1.165, 1.54) is 24.4 Å². The molecule has 3 heterocycles. The van der Waals surface area contributed by atoms with E-state index in [1.54, 1.807) is 0 Å². The van der Waals surface area contributed by atoms with Crippen molar-refractivity contribution in [2.24, 2.45) is 0 Å². The highest BCUT2D eigenvalue weighted by molar-refractivity contribution is 6.11. The molecule has 2 aromatic heterocycles. The van der Waals surface area contributed by atoms with Crippen LogP contribution in [0, 0.1) is 0 Å². The van der Waals surface area contributed by atoms with Crippen LogP contribution in [0.25, 0.3) is 0 Å². The number of carbonyl (C=O) groups is 1. The Labute approximate surface area is 135 Å². The molecule has 9 heteroatoms. The van der Waals surface area contributed by atoms with Gasteiger partial charge in [0.1, 0.15) is 17.3 Å². The summed E-state index contributed by atoms with van der Waals surface area (Å²) in [5, 5.41) is 6.00. The first-order valence-corrected chi connectivity index (χ1v) is 7.17. The highest BCUT2D eigenvalue weighted by Gasteiger charge is 2.37. The number of nitrogens with two attached hydrogens (primary N) is 1. The molecule has 1 aliphatic rings. The van der Waals surface area contributed by atoms with E-state index >= 15 is 0 Å². The summed E-state index contributed by atoms with van der Waals surface area (Å²) in [6.45, 7) is 1.36. The predicted octanol–water partition coefficient (Wildman–Crippen LogP) is 1.69. The van der Waals surface area contributed by atoms with Gasteiger partial charge in [-0.1, -0.05) is 0 Å². The third kappa shape index (κ3) is 3.16. The molecule has 1 fully saturated rings. The summed E-state index contributed by atoms with van der Waals surface area (Å²) >= 11 is 0. The number of anilines is 2. The van der Waals surface area contributed by atoms with E-state index in [-0.39, 0.29) is 23.2 Å². The molecule has 0 aliphatic carbocycles. The molecule has 126 valence electrons. The fourth-order valence-corrected chi connectivity index (χ4v) is 2.28.